The van der Waals surface area contributed by atoms with Crippen LogP contribution < -0.4 is 15.4 Å². The van der Waals surface area contributed by atoms with Gasteiger partial charge in [0, 0.05) is 18.8 Å². The molecule has 0 radical (unpaired) electrons. The number of amides is 1. The van der Waals surface area contributed by atoms with E-state index in [2.05, 4.69) is 20.6 Å². The summed E-state index contributed by atoms with van der Waals surface area (Å²) in [4.78, 5) is 22.1. The SMILES string of the molecule is CC(C)Oc1nc(N[C@H]2CCOC2)ncc1C(=O)NC1[C@@H]2CC3C[C@H]1CC(O)(C3)C2. The van der Waals surface area contributed by atoms with Crippen LogP contribution in [0, 0.1) is 17.8 Å². The van der Waals surface area contributed by atoms with Crippen molar-refractivity contribution in [3.63, 3.8) is 0 Å². The summed E-state index contributed by atoms with van der Waals surface area (Å²) in [6, 6.07) is 0.282. The fraction of sp³-hybridized carbons (Fsp3) is 0.773. The molecule has 0 spiro atoms. The molecular formula is C22H32N4O4. The second-order valence-electron chi connectivity index (χ2n) is 9.98. The van der Waals surface area contributed by atoms with E-state index in [0.717, 1.165) is 45.1 Å². The van der Waals surface area contributed by atoms with E-state index >= 15 is 0 Å². The Hall–Kier alpha value is -1.93. The molecule has 1 saturated heterocycles. The lowest BCUT2D eigenvalue weighted by atomic mass is 9.52. The van der Waals surface area contributed by atoms with Gasteiger partial charge in [-0.05, 0) is 70.1 Å². The summed E-state index contributed by atoms with van der Waals surface area (Å²) in [6.07, 6.45) is 7.08. The van der Waals surface area contributed by atoms with E-state index in [1.54, 1.807) is 6.20 Å². The molecule has 4 aliphatic carbocycles. The molecule has 3 N–H and O–H groups in total. The molecule has 3 unspecified atom stereocenters. The van der Waals surface area contributed by atoms with Crippen LogP contribution in [0.15, 0.2) is 6.20 Å². The van der Waals surface area contributed by atoms with Crippen molar-refractivity contribution in [3.05, 3.63) is 11.8 Å². The molecule has 5 fully saturated rings. The second-order valence-corrected chi connectivity index (χ2v) is 9.98. The van der Waals surface area contributed by atoms with Gasteiger partial charge in [-0.1, -0.05) is 0 Å². The van der Waals surface area contributed by atoms with Crippen LogP contribution in [0.5, 0.6) is 5.88 Å². The zero-order chi connectivity index (χ0) is 20.9. The Labute approximate surface area is 177 Å². The Bertz CT molecular complexity index is 794. The van der Waals surface area contributed by atoms with E-state index in [-0.39, 0.29) is 24.1 Å². The number of carbonyl (C=O) groups is 1. The number of hydrogen-bond donors (Lipinski definition) is 3. The number of hydrogen-bond acceptors (Lipinski definition) is 7. The Morgan fingerprint density at radius 3 is 2.70 bits per heavy atom. The van der Waals surface area contributed by atoms with Crippen molar-refractivity contribution in [3.8, 4) is 5.88 Å². The second kappa shape index (κ2) is 7.64. The minimum atomic E-state index is -0.510. The van der Waals surface area contributed by atoms with Crippen molar-refractivity contribution in [2.45, 2.75) is 76.2 Å². The minimum absolute atomic E-state index is 0.106. The van der Waals surface area contributed by atoms with Crippen LogP contribution in [-0.2, 0) is 4.74 Å². The van der Waals surface area contributed by atoms with E-state index in [4.69, 9.17) is 9.47 Å². The fourth-order valence-corrected chi connectivity index (χ4v) is 6.18. The summed E-state index contributed by atoms with van der Waals surface area (Å²) in [5.41, 5.74) is -0.145. The highest BCUT2D eigenvalue weighted by atomic mass is 16.5. The number of anilines is 1. The number of nitrogens with zero attached hydrogens (tertiary/aromatic N) is 2. The maximum absolute atomic E-state index is 13.2. The lowest BCUT2D eigenvalue weighted by Crippen LogP contribution is -2.61. The average molecular weight is 417 g/mol. The van der Waals surface area contributed by atoms with E-state index in [0.29, 0.717) is 41.8 Å². The van der Waals surface area contributed by atoms with E-state index < -0.39 is 5.60 Å². The molecule has 0 aromatic carbocycles. The van der Waals surface area contributed by atoms with Gasteiger partial charge in [0.05, 0.1) is 24.4 Å². The lowest BCUT2D eigenvalue weighted by molar-refractivity contribution is -0.136. The molecule has 30 heavy (non-hydrogen) atoms. The lowest BCUT2D eigenvalue weighted by Gasteiger charge is -2.58. The molecular weight excluding hydrogens is 384 g/mol. The van der Waals surface area contributed by atoms with Gasteiger partial charge >= 0.3 is 0 Å². The summed E-state index contributed by atoms with van der Waals surface area (Å²) in [5, 5.41) is 17.3. The molecule has 8 heteroatoms. The van der Waals surface area contributed by atoms with Crippen LogP contribution in [0.25, 0.3) is 0 Å². The van der Waals surface area contributed by atoms with Crippen molar-refractivity contribution in [1.82, 2.24) is 15.3 Å². The van der Waals surface area contributed by atoms with Crippen molar-refractivity contribution in [2.24, 2.45) is 17.8 Å². The van der Waals surface area contributed by atoms with E-state index in [1.807, 2.05) is 13.8 Å². The highest BCUT2D eigenvalue weighted by molar-refractivity contribution is 5.96. The predicted octanol–water partition coefficient (Wildman–Crippen LogP) is 2.13. The maximum atomic E-state index is 13.2. The average Bonchev–Trinajstić information content (AvgIpc) is 3.16. The van der Waals surface area contributed by atoms with Gasteiger partial charge in [0.1, 0.15) is 5.56 Å². The zero-order valence-electron chi connectivity index (χ0n) is 17.8. The number of aromatic nitrogens is 2. The van der Waals surface area contributed by atoms with Crippen LogP contribution in [0.2, 0.25) is 0 Å². The number of rotatable bonds is 6. The van der Waals surface area contributed by atoms with Crippen LogP contribution in [-0.4, -0.2) is 58.0 Å². The number of nitrogens with one attached hydrogen (secondary N) is 2. The molecule has 4 saturated carbocycles. The smallest absolute Gasteiger partial charge is 0.258 e. The zero-order valence-corrected chi connectivity index (χ0v) is 17.8. The number of aliphatic hydroxyl groups is 1. The first-order valence-corrected chi connectivity index (χ1v) is 11.3. The monoisotopic (exact) mass is 416 g/mol. The molecule has 1 amide bonds. The van der Waals surface area contributed by atoms with Crippen molar-refractivity contribution >= 4 is 11.9 Å². The molecule has 4 bridgehead atoms. The highest BCUT2D eigenvalue weighted by Gasteiger charge is 2.55. The Morgan fingerprint density at radius 2 is 2.07 bits per heavy atom. The van der Waals surface area contributed by atoms with Gasteiger partial charge < -0.3 is 25.2 Å². The first-order valence-electron chi connectivity index (χ1n) is 11.3. The number of ether oxygens (including phenoxy) is 2. The minimum Gasteiger partial charge on any atom is -0.474 e. The highest BCUT2D eigenvalue weighted by Crippen LogP contribution is 2.55. The van der Waals surface area contributed by atoms with Gasteiger partial charge in [0.25, 0.3) is 5.91 Å². The Balaban J connectivity index is 1.33. The normalized spacial score (nSPS) is 36.9. The molecule has 8 nitrogen and oxygen atoms in total. The van der Waals surface area contributed by atoms with E-state index in [1.165, 1.54) is 0 Å². The topological polar surface area (TPSA) is 106 Å². The largest absolute Gasteiger partial charge is 0.474 e. The summed E-state index contributed by atoms with van der Waals surface area (Å²) in [6.45, 7) is 5.19. The van der Waals surface area contributed by atoms with Gasteiger partial charge in [-0.3, -0.25) is 4.79 Å². The third kappa shape index (κ3) is 3.87. The number of carbonyl (C=O) groups excluding carboxylic acids is 1. The third-order valence-electron chi connectivity index (χ3n) is 7.15. The molecule has 5 aliphatic rings. The van der Waals surface area contributed by atoms with Crippen molar-refractivity contribution in [2.75, 3.05) is 18.5 Å². The molecule has 1 aliphatic heterocycles. The van der Waals surface area contributed by atoms with Crippen molar-refractivity contribution < 1.29 is 19.4 Å². The molecule has 2 heterocycles. The standard InChI is InChI=1S/C22H32N4O4/c1-12(2)30-20-17(10-23-21(26-20)24-16-3-4-29-11-16)19(27)25-18-14-5-13-6-15(18)9-22(28,7-13)8-14/h10,12-16,18,28H,3-9,11H2,1-2H3,(H,25,27)(H,23,24,26)/t13?,14-,15+,16-,18?,22?/m0/s1. The predicted molar refractivity (Wildman–Crippen MR) is 110 cm³/mol. The first kappa shape index (κ1) is 20.0. The van der Waals surface area contributed by atoms with Gasteiger partial charge in [-0.25, -0.2) is 4.98 Å². The van der Waals surface area contributed by atoms with Gasteiger partial charge in [-0.2, -0.15) is 4.98 Å². The maximum Gasteiger partial charge on any atom is 0.258 e. The Kier molecular flexibility index (Phi) is 5.09. The van der Waals surface area contributed by atoms with Gasteiger partial charge in [0.2, 0.25) is 11.8 Å². The molecule has 1 aromatic rings. The third-order valence-corrected chi connectivity index (χ3v) is 7.15. The fourth-order valence-electron chi connectivity index (χ4n) is 6.18. The van der Waals surface area contributed by atoms with Gasteiger partial charge in [-0.15, -0.1) is 0 Å². The van der Waals surface area contributed by atoms with Crippen LogP contribution in [0.3, 0.4) is 0 Å². The van der Waals surface area contributed by atoms with Gasteiger partial charge in [0.15, 0.2) is 0 Å². The van der Waals surface area contributed by atoms with Crippen molar-refractivity contribution in [1.29, 1.82) is 0 Å². The van der Waals surface area contributed by atoms with Crippen LogP contribution >= 0.6 is 0 Å². The van der Waals surface area contributed by atoms with Crippen LogP contribution in [0.4, 0.5) is 5.95 Å². The summed E-state index contributed by atoms with van der Waals surface area (Å²) < 4.78 is 11.3. The molecule has 6 atom stereocenters. The summed E-state index contributed by atoms with van der Waals surface area (Å²) in [5.74, 6) is 1.88. The quantitative estimate of drug-likeness (QED) is 0.652. The first-order chi connectivity index (χ1) is 14.4. The summed E-state index contributed by atoms with van der Waals surface area (Å²) >= 11 is 0. The van der Waals surface area contributed by atoms with Crippen LogP contribution in [0.1, 0.15) is 62.7 Å². The van der Waals surface area contributed by atoms with E-state index in [9.17, 15) is 9.90 Å². The Morgan fingerprint density at radius 1 is 1.30 bits per heavy atom. The molecule has 6 rings (SSSR count). The summed E-state index contributed by atoms with van der Waals surface area (Å²) in [7, 11) is 0. The molecule has 164 valence electrons. The molecule has 1 aromatic heterocycles.